The van der Waals surface area contributed by atoms with Crippen LogP contribution in [-0.2, 0) is 6.54 Å². The van der Waals surface area contributed by atoms with Crippen LogP contribution in [0.3, 0.4) is 0 Å². The molecule has 0 aliphatic rings. The summed E-state index contributed by atoms with van der Waals surface area (Å²) >= 11 is 5.87. The Bertz CT molecular complexity index is 629. The summed E-state index contributed by atoms with van der Waals surface area (Å²) in [6.07, 6.45) is 1.47. The smallest absolute Gasteiger partial charge is 0.278 e. The van der Waals surface area contributed by atoms with Gasteiger partial charge in [0, 0.05) is 12.7 Å². The maximum atomic E-state index is 11.5. The molecular formula is C9H8ClN3O2. The highest BCUT2D eigenvalue weighted by Gasteiger charge is 2.09. The SMILES string of the molecule is CCn1c(=O)[nH]c(=O)c2c(Cl)ccnc21. The van der Waals surface area contributed by atoms with Gasteiger partial charge < -0.3 is 0 Å². The number of aromatic amines is 1. The molecule has 0 aromatic carbocycles. The van der Waals surface area contributed by atoms with Gasteiger partial charge in [0.15, 0.2) is 5.65 Å². The van der Waals surface area contributed by atoms with E-state index in [2.05, 4.69) is 9.97 Å². The zero-order valence-electron chi connectivity index (χ0n) is 7.95. The molecule has 0 bridgehead atoms. The average Bonchev–Trinajstić information content (AvgIpc) is 2.17. The lowest BCUT2D eigenvalue weighted by Gasteiger charge is -2.05. The van der Waals surface area contributed by atoms with Crippen molar-refractivity contribution in [2.45, 2.75) is 13.5 Å². The summed E-state index contributed by atoms with van der Waals surface area (Å²) in [5.41, 5.74) is -0.652. The Labute approximate surface area is 89.3 Å². The monoisotopic (exact) mass is 225 g/mol. The van der Waals surface area contributed by atoms with Gasteiger partial charge in [-0.3, -0.25) is 14.3 Å². The lowest BCUT2D eigenvalue weighted by atomic mass is 10.3. The van der Waals surface area contributed by atoms with Gasteiger partial charge >= 0.3 is 5.69 Å². The van der Waals surface area contributed by atoms with Crippen molar-refractivity contribution < 1.29 is 0 Å². The molecule has 78 valence electrons. The largest absolute Gasteiger partial charge is 0.329 e. The standard InChI is InChI=1S/C9H8ClN3O2/c1-2-13-7-6(5(10)3-4-11-7)8(14)12-9(13)15/h3-4H,2H2,1H3,(H,12,14,15). The van der Waals surface area contributed by atoms with Gasteiger partial charge in [0.2, 0.25) is 0 Å². The maximum Gasteiger partial charge on any atom is 0.329 e. The molecule has 0 radical (unpaired) electrons. The van der Waals surface area contributed by atoms with Gasteiger partial charge in [0.05, 0.1) is 5.02 Å². The summed E-state index contributed by atoms with van der Waals surface area (Å²) in [6.45, 7) is 2.22. The molecule has 0 fully saturated rings. The first-order valence-corrected chi connectivity index (χ1v) is 4.80. The van der Waals surface area contributed by atoms with Crippen LogP contribution in [0.5, 0.6) is 0 Å². The van der Waals surface area contributed by atoms with Crippen LogP contribution in [0, 0.1) is 0 Å². The summed E-state index contributed by atoms with van der Waals surface area (Å²) in [5.74, 6) is 0. The molecule has 0 saturated carbocycles. The number of hydrogen-bond acceptors (Lipinski definition) is 3. The molecule has 15 heavy (non-hydrogen) atoms. The van der Waals surface area contributed by atoms with Crippen LogP contribution >= 0.6 is 11.6 Å². The van der Waals surface area contributed by atoms with Gasteiger partial charge in [-0.05, 0) is 13.0 Å². The van der Waals surface area contributed by atoms with E-state index < -0.39 is 11.2 Å². The molecule has 0 atom stereocenters. The molecule has 0 amide bonds. The van der Waals surface area contributed by atoms with Crippen LogP contribution in [0.25, 0.3) is 11.0 Å². The van der Waals surface area contributed by atoms with Crippen LogP contribution in [0.4, 0.5) is 0 Å². The van der Waals surface area contributed by atoms with Crippen molar-refractivity contribution >= 4 is 22.6 Å². The van der Waals surface area contributed by atoms with E-state index in [1.807, 2.05) is 0 Å². The Morgan fingerprint density at radius 2 is 2.27 bits per heavy atom. The predicted molar refractivity (Wildman–Crippen MR) is 57.3 cm³/mol. The van der Waals surface area contributed by atoms with Gasteiger partial charge in [-0.2, -0.15) is 0 Å². The van der Waals surface area contributed by atoms with E-state index in [1.165, 1.54) is 16.8 Å². The maximum absolute atomic E-state index is 11.5. The Morgan fingerprint density at radius 3 is 2.93 bits per heavy atom. The van der Waals surface area contributed by atoms with E-state index in [0.717, 1.165) is 0 Å². The highest BCUT2D eigenvalue weighted by molar-refractivity contribution is 6.35. The summed E-state index contributed by atoms with van der Waals surface area (Å²) in [6, 6.07) is 1.52. The quantitative estimate of drug-likeness (QED) is 0.779. The van der Waals surface area contributed by atoms with E-state index in [-0.39, 0.29) is 5.39 Å². The third-order valence-corrected chi connectivity index (χ3v) is 2.46. The Balaban J connectivity index is 3.10. The van der Waals surface area contributed by atoms with Gasteiger partial charge in [0.1, 0.15) is 5.39 Å². The summed E-state index contributed by atoms with van der Waals surface area (Å²) < 4.78 is 1.36. The van der Waals surface area contributed by atoms with Gasteiger partial charge in [-0.1, -0.05) is 11.6 Å². The minimum Gasteiger partial charge on any atom is -0.278 e. The lowest BCUT2D eigenvalue weighted by molar-refractivity contribution is 0.718. The normalized spacial score (nSPS) is 10.8. The van der Waals surface area contributed by atoms with Crippen molar-refractivity contribution in [3.8, 4) is 0 Å². The number of pyridine rings is 1. The molecule has 0 aliphatic carbocycles. The molecule has 5 nitrogen and oxygen atoms in total. The first-order valence-electron chi connectivity index (χ1n) is 4.42. The fraction of sp³-hybridized carbons (Fsp3) is 0.222. The molecule has 0 aliphatic heterocycles. The summed E-state index contributed by atoms with van der Waals surface area (Å²) in [7, 11) is 0. The minimum absolute atomic E-state index is 0.251. The molecule has 0 saturated heterocycles. The number of aryl methyl sites for hydroxylation is 1. The zero-order valence-corrected chi connectivity index (χ0v) is 8.71. The highest BCUT2D eigenvalue weighted by atomic mass is 35.5. The molecule has 6 heteroatoms. The molecule has 0 spiro atoms. The molecule has 1 N–H and O–H groups in total. The van der Waals surface area contributed by atoms with E-state index in [0.29, 0.717) is 17.2 Å². The topological polar surface area (TPSA) is 67.8 Å². The Kier molecular flexibility index (Phi) is 2.32. The molecule has 2 aromatic rings. The fourth-order valence-electron chi connectivity index (χ4n) is 1.46. The molecule has 2 heterocycles. The van der Waals surface area contributed by atoms with E-state index in [9.17, 15) is 9.59 Å². The van der Waals surface area contributed by atoms with Crippen LogP contribution in [0.15, 0.2) is 21.9 Å². The summed E-state index contributed by atoms with van der Waals surface area (Å²) in [5, 5.41) is 0.545. The van der Waals surface area contributed by atoms with Crippen molar-refractivity contribution in [2.24, 2.45) is 0 Å². The first kappa shape index (κ1) is 9.92. The van der Waals surface area contributed by atoms with Crippen molar-refractivity contribution in [3.05, 3.63) is 38.1 Å². The second kappa shape index (κ2) is 3.51. The molecular weight excluding hydrogens is 218 g/mol. The zero-order chi connectivity index (χ0) is 11.0. The number of nitrogens with one attached hydrogen (secondary N) is 1. The van der Waals surface area contributed by atoms with E-state index >= 15 is 0 Å². The van der Waals surface area contributed by atoms with Gasteiger partial charge in [-0.25, -0.2) is 9.78 Å². The molecule has 2 aromatic heterocycles. The van der Waals surface area contributed by atoms with Crippen molar-refractivity contribution in [1.29, 1.82) is 0 Å². The number of hydrogen-bond donors (Lipinski definition) is 1. The number of aromatic nitrogens is 3. The van der Waals surface area contributed by atoms with Gasteiger partial charge in [-0.15, -0.1) is 0 Å². The second-order valence-corrected chi connectivity index (χ2v) is 3.40. The molecule has 2 rings (SSSR count). The predicted octanol–water partition coefficient (Wildman–Crippen LogP) is 0.758. The van der Waals surface area contributed by atoms with E-state index in [1.54, 1.807) is 6.92 Å². The van der Waals surface area contributed by atoms with Crippen LogP contribution < -0.4 is 11.2 Å². The van der Waals surface area contributed by atoms with Crippen LogP contribution in [-0.4, -0.2) is 14.5 Å². The van der Waals surface area contributed by atoms with Gasteiger partial charge in [0.25, 0.3) is 5.56 Å². The fourth-order valence-corrected chi connectivity index (χ4v) is 1.69. The highest BCUT2D eigenvalue weighted by Crippen LogP contribution is 2.15. The van der Waals surface area contributed by atoms with Crippen LogP contribution in [0.1, 0.15) is 6.92 Å². The average molecular weight is 226 g/mol. The molecule has 0 unspecified atom stereocenters. The third kappa shape index (κ3) is 1.45. The second-order valence-electron chi connectivity index (χ2n) is 2.99. The van der Waals surface area contributed by atoms with Crippen molar-refractivity contribution in [3.63, 3.8) is 0 Å². The number of rotatable bonds is 1. The van der Waals surface area contributed by atoms with E-state index in [4.69, 9.17) is 11.6 Å². The third-order valence-electron chi connectivity index (χ3n) is 2.14. The Morgan fingerprint density at radius 1 is 1.53 bits per heavy atom. The minimum atomic E-state index is -0.502. The Hall–Kier alpha value is -1.62. The first-order chi connectivity index (χ1) is 7.15. The lowest BCUT2D eigenvalue weighted by Crippen LogP contribution is -2.30. The number of nitrogens with zero attached hydrogens (tertiary/aromatic N) is 2. The van der Waals surface area contributed by atoms with Crippen molar-refractivity contribution in [2.75, 3.05) is 0 Å². The summed E-state index contributed by atoms with van der Waals surface area (Å²) in [4.78, 5) is 29.1. The van der Waals surface area contributed by atoms with Crippen molar-refractivity contribution in [1.82, 2.24) is 14.5 Å². The number of H-pyrrole nitrogens is 1. The number of halogens is 1. The van der Waals surface area contributed by atoms with Crippen LogP contribution in [0.2, 0.25) is 5.02 Å². The number of fused-ring (bicyclic) bond motifs is 1.